The molecule has 0 aliphatic carbocycles. The van der Waals surface area contributed by atoms with Crippen LogP contribution in [0.4, 0.5) is 0 Å². The predicted octanol–water partition coefficient (Wildman–Crippen LogP) is 1.77. The van der Waals surface area contributed by atoms with E-state index in [-0.39, 0.29) is 5.91 Å². The summed E-state index contributed by atoms with van der Waals surface area (Å²) in [6, 6.07) is 5.05. The van der Waals surface area contributed by atoms with E-state index in [1.807, 2.05) is 16.2 Å². The Hall–Kier alpha value is -0.910. The Bertz CT molecular complexity index is 482. The fourth-order valence-corrected chi connectivity index (χ4v) is 4.50. The maximum absolute atomic E-state index is 11.4. The minimum atomic E-state index is 0.219. The Morgan fingerprint density at radius 2 is 2.05 bits per heavy atom. The molecule has 1 aromatic heterocycles. The highest BCUT2D eigenvalue weighted by molar-refractivity contribution is 7.09. The van der Waals surface area contributed by atoms with Crippen LogP contribution in [0.1, 0.15) is 18.7 Å². The van der Waals surface area contributed by atoms with Crippen LogP contribution in [0.15, 0.2) is 17.5 Å². The second kappa shape index (κ2) is 7.11. The Balaban J connectivity index is 1.48. The summed E-state index contributed by atoms with van der Waals surface area (Å²) in [7, 11) is 0. The third kappa shape index (κ3) is 3.70. The van der Waals surface area contributed by atoms with Gasteiger partial charge in [0.1, 0.15) is 0 Å². The number of thiophene rings is 1. The fourth-order valence-electron chi connectivity index (χ4n) is 3.80. The first-order chi connectivity index (χ1) is 10.6. The third-order valence-corrected chi connectivity index (χ3v) is 6.07. The molecule has 3 heterocycles. The zero-order chi connectivity index (χ0) is 15.5. The van der Waals surface area contributed by atoms with Crippen molar-refractivity contribution >= 4 is 17.2 Å². The molecule has 5 heteroatoms. The maximum atomic E-state index is 11.4. The minimum absolute atomic E-state index is 0.219. The zero-order valence-corrected chi connectivity index (χ0v) is 14.5. The zero-order valence-electron chi connectivity index (χ0n) is 13.7. The molecule has 0 unspecified atom stereocenters. The highest BCUT2D eigenvalue weighted by Crippen LogP contribution is 2.23. The molecule has 0 radical (unpaired) electrons. The number of hydrogen-bond donors (Lipinski definition) is 0. The van der Waals surface area contributed by atoms with Crippen LogP contribution >= 0.6 is 11.3 Å². The van der Waals surface area contributed by atoms with Crippen molar-refractivity contribution in [1.82, 2.24) is 14.7 Å². The Labute approximate surface area is 137 Å². The summed E-state index contributed by atoms with van der Waals surface area (Å²) >= 11 is 1.86. The molecule has 0 N–H and O–H groups in total. The Morgan fingerprint density at radius 1 is 1.27 bits per heavy atom. The van der Waals surface area contributed by atoms with E-state index in [2.05, 4.69) is 34.2 Å². The van der Waals surface area contributed by atoms with Gasteiger partial charge in [-0.2, -0.15) is 0 Å². The van der Waals surface area contributed by atoms with E-state index in [4.69, 9.17) is 0 Å². The summed E-state index contributed by atoms with van der Waals surface area (Å²) in [5.74, 6) is 0.948. The van der Waals surface area contributed by atoms with E-state index < -0.39 is 0 Å². The quantitative estimate of drug-likeness (QED) is 0.846. The minimum Gasteiger partial charge on any atom is -0.340 e. The van der Waals surface area contributed by atoms with Crippen molar-refractivity contribution in [1.29, 1.82) is 0 Å². The van der Waals surface area contributed by atoms with Gasteiger partial charge in [0.05, 0.1) is 0 Å². The average molecular weight is 321 g/mol. The van der Waals surface area contributed by atoms with Crippen molar-refractivity contribution in [3.8, 4) is 0 Å². The molecular weight excluding hydrogens is 294 g/mol. The van der Waals surface area contributed by atoms with E-state index in [0.717, 1.165) is 32.1 Å². The van der Waals surface area contributed by atoms with Crippen molar-refractivity contribution in [2.45, 2.75) is 26.3 Å². The molecule has 2 aliphatic rings. The van der Waals surface area contributed by atoms with Gasteiger partial charge in [-0.05, 0) is 23.8 Å². The molecule has 2 aliphatic heterocycles. The summed E-state index contributed by atoms with van der Waals surface area (Å²) in [6.07, 6.45) is 1.18. The highest BCUT2D eigenvalue weighted by Gasteiger charge is 2.35. The third-order valence-electron chi connectivity index (χ3n) is 5.13. The number of carbonyl (C=O) groups is 1. The van der Waals surface area contributed by atoms with Crippen LogP contribution in [0.2, 0.25) is 0 Å². The number of likely N-dealkylation sites (tertiary alicyclic amines) is 1. The molecule has 2 atom stereocenters. The van der Waals surface area contributed by atoms with Gasteiger partial charge in [-0.15, -0.1) is 11.3 Å². The van der Waals surface area contributed by atoms with Crippen molar-refractivity contribution in [3.05, 3.63) is 22.4 Å². The molecule has 2 saturated heterocycles. The molecular formula is C17H27N3OS. The van der Waals surface area contributed by atoms with Crippen LogP contribution in [0.5, 0.6) is 0 Å². The number of carbonyl (C=O) groups excluding carboxylic acids is 1. The summed E-state index contributed by atoms with van der Waals surface area (Å²) < 4.78 is 0. The summed E-state index contributed by atoms with van der Waals surface area (Å²) in [4.78, 5) is 20.1. The summed E-state index contributed by atoms with van der Waals surface area (Å²) in [5, 5.41) is 2.17. The smallest absolute Gasteiger partial charge is 0.219 e. The summed E-state index contributed by atoms with van der Waals surface area (Å²) in [5.41, 5.74) is 0. The summed E-state index contributed by atoms with van der Waals surface area (Å²) in [6.45, 7) is 11.5. The SMILES string of the molecule is CC(=O)N1CCN([C@H]2CN(CCc3cccs3)C[C@H]2C)CC1. The molecule has 0 spiro atoms. The number of piperazine rings is 1. The van der Waals surface area contributed by atoms with E-state index in [9.17, 15) is 4.79 Å². The number of amides is 1. The Morgan fingerprint density at radius 3 is 2.68 bits per heavy atom. The first-order valence-corrected chi connectivity index (χ1v) is 9.26. The van der Waals surface area contributed by atoms with Crippen LogP contribution in [0, 0.1) is 5.92 Å². The molecule has 0 bridgehead atoms. The lowest BCUT2D eigenvalue weighted by molar-refractivity contribution is -0.130. The average Bonchev–Trinajstić information content (AvgIpc) is 3.14. The number of hydrogen-bond acceptors (Lipinski definition) is 4. The fraction of sp³-hybridized carbons (Fsp3) is 0.706. The second-order valence-corrected chi connectivity index (χ2v) is 7.71. The van der Waals surface area contributed by atoms with Crippen molar-refractivity contribution < 1.29 is 4.79 Å². The highest BCUT2D eigenvalue weighted by atomic mass is 32.1. The van der Waals surface area contributed by atoms with Gasteiger partial charge >= 0.3 is 0 Å². The predicted molar refractivity (Wildman–Crippen MR) is 91.2 cm³/mol. The van der Waals surface area contributed by atoms with Crippen molar-refractivity contribution in [2.75, 3.05) is 45.8 Å². The lowest BCUT2D eigenvalue weighted by Crippen LogP contribution is -2.53. The van der Waals surface area contributed by atoms with Crippen LogP contribution in [-0.4, -0.2) is 72.5 Å². The van der Waals surface area contributed by atoms with Crippen LogP contribution in [0.3, 0.4) is 0 Å². The van der Waals surface area contributed by atoms with E-state index in [0.29, 0.717) is 6.04 Å². The van der Waals surface area contributed by atoms with E-state index in [1.165, 1.54) is 30.9 Å². The number of nitrogens with zero attached hydrogens (tertiary/aromatic N) is 3. The lowest BCUT2D eigenvalue weighted by Gasteiger charge is -2.39. The van der Waals surface area contributed by atoms with Crippen molar-refractivity contribution in [3.63, 3.8) is 0 Å². The molecule has 1 aromatic rings. The molecule has 0 saturated carbocycles. The number of rotatable bonds is 4. The van der Waals surface area contributed by atoms with E-state index >= 15 is 0 Å². The largest absolute Gasteiger partial charge is 0.340 e. The van der Waals surface area contributed by atoms with Gasteiger partial charge in [-0.25, -0.2) is 0 Å². The van der Waals surface area contributed by atoms with Gasteiger partial charge in [0.15, 0.2) is 0 Å². The first kappa shape index (κ1) is 16.0. The molecule has 0 aromatic carbocycles. The van der Waals surface area contributed by atoms with Crippen LogP contribution in [-0.2, 0) is 11.2 Å². The van der Waals surface area contributed by atoms with Gasteiger partial charge in [-0.1, -0.05) is 13.0 Å². The second-order valence-electron chi connectivity index (χ2n) is 6.68. The molecule has 3 rings (SSSR count). The molecule has 22 heavy (non-hydrogen) atoms. The van der Waals surface area contributed by atoms with Gasteiger partial charge in [0, 0.05) is 63.7 Å². The van der Waals surface area contributed by atoms with Gasteiger partial charge in [0.2, 0.25) is 5.91 Å². The first-order valence-electron chi connectivity index (χ1n) is 8.38. The maximum Gasteiger partial charge on any atom is 0.219 e. The van der Waals surface area contributed by atoms with Gasteiger partial charge < -0.3 is 9.80 Å². The van der Waals surface area contributed by atoms with Gasteiger partial charge in [0.25, 0.3) is 0 Å². The molecule has 2 fully saturated rings. The van der Waals surface area contributed by atoms with Gasteiger partial charge in [-0.3, -0.25) is 9.69 Å². The van der Waals surface area contributed by atoms with Crippen LogP contribution < -0.4 is 0 Å². The van der Waals surface area contributed by atoms with Crippen LogP contribution in [0.25, 0.3) is 0 Å². The monoisotopic (exact) mass is 321 g/mol. The topological polar surface area (TPSA) is 26.8 Å². The van der Waals surface area contributed by atoms with Crippen molar-refractivity contribution in [2.24, 2.45) is 5.92 Å². The molecule has 4 nitrogen and oxygen atoms in total. The Kier molecular flexibility index (Phi) is 5.16. The lowest BCUT2D eigenvalue weighted by atomic mass is 10.0. The molecule has 1 amide bonds. The molecule has 122 valence electrons. The normalized spacial score (nSPS) is 27.5. The standard InChI is InChI=1S/C17H27N3OS/c1-14-12-18(6-5-16-4-3-11-22-16)13-17(14)20-9-7-19(8-10-20)15(2)21/h3-4,11,14,17H,5-10,12-13H2,1-2H3/t14-,17+/m1/s1. The van der Waals surface area contributed by atoms with E-state index in [1.54, 1.807) is 6.92 Å².